The van der Waals surface area contributed by atoms with Crippen LogP contribution in [0, 0.1) is 5.92 Å². The Bertz CT molecular complexity index is 1140. The lowest BCUT2D eigenvalue weighted by atomic mass is 9.96. The lowest BCUT2D eigenvalue weighted by molar-refractivity contribution is 0.0907. The molecule has 1 aromatic carbocycles. The van der Waals surface area contributed by atoms with Crippen LogP contribution in [0.1, 0.15) is 63.0 Å². The Labute approximate surface area is 209 Å². The second-order valence-electron chi connectivity index (χ2n) is 8.78. The molecule has 0 spiro atoms. The third-order valence-electron chi connectivity index (χ3n) is 6.38. The van der Waals surface area contributed by atoms with E-state index in [1.54, 1.807) is 6.07 Å². The number of likely N-dealkylation sites (tertiary alicyclic amines) is 1. The molecule has 3 heterocycles. The van der Waals surface area contributed by atoms with E-state index >= 15 is 0 Å². The molecule has 0 saturated carbocycles. The molecule has 0 atom stereocenters. The Hall–Kier alpha value is -3.38. The molecule has 1 amide bonds. The SMILES string of the molecule is CC.O=C(NCC1CCN(Cc2cc(C3=CCCC=C3)no2)CC1)c1ccc(-c2ccccc2)o1.[HH]. The monoisotopic (exact) mass is 475 g/mol. The van der Waals surface area contributed by atoms with Gasteiger partial charge in [-0.15, -0.1) is 0 Å². The molecule has 6 heteroatoms. The van der Waals surface area contributed by atoms with Crippen molar-refractivity contribution in [3.8, 4) is 11.3 Å². The molecule has 35 heavy (non-hydrogen) atoms. The number of nitrogens with one attached hydrogen (secondary N) is 1. The van der Waals surface area contributed by atoms with E-state index in [4.69, 9.17) is 8.94 Å². The first kappa shape index (κ1) is 24.7. The predicted octanol–water partition coefficient (Wildman–Crippen LogP) is 6.58. The van der Waals surface area contributed by atoms with Crippen LogP contribution in [0.4, 0.5) is 0 Å². The molecule has 1 N–H and O–H groups in total. The van der Waals surface area contributed by atoms with Crippen LogP contribution in [-0.2, 0) is 6.54 Å². The summed E-state index contributed by atoms with van der Waals surface area (Å²) < 4.78 is 11.3. The van der Waals surface area contributed by atoms with Crippen molar-refractivity contribution in [1.29, 1.82) is 0 Å². The number of hydrogen-bond donors (Lipinski definition) is 1. The lowest BCUT2D eigenvalue weighted by Crippen LogP contribution is -2.38. The molecule has 6 nitrogen and oxygen atoms in total. The van der Waals surface area contributed by atoms with E-state index in [-0.39, 0.29) is 7.33 Å². The zero-order chi connectivity index (χ0) is 24.5. The standard InChI is InChI=1S/C27H29N3O3.C2H6.H2/c31-27(26-12-11-25(32-26)22-9-5-2-6-10-22)28-18-20-13-15-30(16-14-20)19-23-17-24(29-33-23)21-7-3-1-4-8-21;1-2;/h2-3,5-12,17,20H,1,4,13-16,18-19H2,(H,28,31);1-2H3;1H. The maximum Gasteiger partial charge on any atom is 0.287 e. The second kappa shape index (κ2) is 12.4. The Morgan fingerprint density at radius 1 is 1.11 bits per heavy atom. The fourth-order valence-electron chi connectivity index (χ4n) is 4.44. The number of carbonyl (C=O) groups excluding carboxylic acids is 1. The number of amides is 1. The van der Waals surface area contributed by atoms with Gasteiger partial charge in [-0.25, -0.2) is 0 Å². The van der Waals surface area contributed by atoms with Gasteiger partial charge < -0.3 is 14.3 Å². The van der Waals surface area contributed by atoms with Gasteiger partial charge in [0.1, 0.15) is 11.5 Å². The minimum absolute atomic E-state index is 0. The smallest absolute Gasteiger partial charge is 0.287 e. The van der Waals surface area contributed by atoms with E-state index in [1.165, 1.54) is 0 Å². The highest BCUT2D eigenvalue weighted by Crippen LogP contribution is 2.24. The van der Waals surface area contributed by atoms with Crippen molar-refractivity contribution in [2.75, 3.05) is 19.6 Å². The third kappa shape index (κ3) is 6.61. The summed E-state index contributed by atoms with van der Waals surface area (Å²) in [5.41, 5.74) is 3.04. The van der Waals surface area contributed by atoms with E-state index in [0.29, 0.717) is 24.0 Å². The minimum atomic E-state index is -0.153. The van der Waals surface area contributed by atoms with Crippen LogP contribution < -0.4 is 5.32 Å². The highest BCUT2D eigenvalue weighted by Gasteiger charge is 2.22. The summed E-state index contributed by atoms with van der Waals surface area (Å²) in [6.45, 7) is 7.41. The Kier molecular flexibility index (Phi) is 8.74. The van der Waals surface area contributed by atoms with Crippen LogP contribution in [-0.4, -0.2) is 35.6 Å². The first-order chi connectivity index (χ1) is 17.2. The van der Waals surface area contributed by atoms with Crippen molar-refractivity contribution in [3.05, 3.63) is 84.0 Å². The van der Waals surface area contributed by atoms with Gasteiger partial charge in [0.05, 0.1) is 6.54 Å². The molecule has 0 unspecified atom stereocenters. The quantitative estimate of drug-likeness (QED) is 0.418. The van der Waals surface area contributed by atoms with E-state index in [2.05, 4.69) is 39.7 Å². The fraction of sp³-hybridized carbons (Fsp3) is 0.379. The molecular weight excluding hydrogens is 438 g/mol. The highest BCUT2D eigenvalue weighted by molar-refractivity contribution is 5.92. The van der Waals surface area contributed by atoms with Crippen molar-refractivity contribution in [1.82, 2.24) is 15.4 Å². The summed E-state index contributed by atoms with van der Waals surface area (Å²) in [5, 5.41) is 7.29. The van der Waals surface area contributed by atoms with Gasteiger partial charge in [0.25, 0.3) is 5.91 Å². The van der Waals surface area contributed by atoms with Gasteiger partial charge in [-0.1, -0.05) is 67.6 Å². The number of rotatable bonds is 7. The maximum atomic E-state index is 12.5. The van der Waals surface area contributed by atoms with Crippen LogP contribution in [0.5, 0.6) is 0 Å². The van der Waals surface area contributed by atoms with Crippen LogP contribution in [0.3, 0.4) is 0 Å². The topological polar surface area (TPSA) is 71.5 Å². The van der Waals surface area contributed by atoms with Crippen molar-refractivity contribution in [2.24, 2.45) is 5.92 Å². The maximum absolute atomic E-state index is 12.5. The van der Waals surface area contributed by atoms with Gasteiger partial charge in [0.15, 0.2) is 11.5 Å². The van der Waals surface area contributed by atoms with Crippen molar-refractivity contribution in [3.63, 3.8) is 0 Å². The van der Waals surface area contributed by atoms with Crippen molar-refractivity contribution >= 4 is 11.5 Å². The van der Waals surface area contributed by atoms with Crippen LogP contribution in [0.2, 0.25) is 0 Å². The van der Waals surface area contributed by atoms with Gasteiger partial charge in [0.2, 0.25) is 0 Å². The first-order valence-electron chi connectivity index (χ1n) is 12.7. The van der Waals surface area contributed by atoms with Crippen LogP contribution in [0.25, 0.3) is 16.9 Å². The summed E-state index contributed by atoms with van der Waals surface area (Å²) in [6.07, 6.45) is 10.8. The average molecular weight is 476 g/mol. The number of allylic oxidation sites excluding steroid dienone is 4. The van der Waals surface area contributed by atoms with Gasteiger partial charge in [-0.05, 0) is 62.4 Å². The number of nitrogens with zero attached hydrogens (tertiary/aromatic N) is 2. The highest BCUT2D eigenvalue weighted by atomic mass is 16.5. The van der Waals surface area contributed by atoms with E-state index in [9.17, 15) is 4.79 Å². The summed E-state index contributed by atoms with van der Waals surface area (Å²) in [5.74, 6) is 2.29. The molecule has 1 aliphatic heterocycles. The minimum Gasteiger partial charge on any atom is -0.451 e. The first-order valence-corrected chi connectivity index (χ1v) is 12.7. The average Bonchev–Trinajstić information content (AvgIpc) is 3.61. The normalized spacial score (nSPS) is 16.3. The molecule has 2 aliphatic rings. The number of carbonyl (C=O) groups is 1. The van der Waals surface area contributed by atoms with Crippen molar-refractivity contribution in [2.45, 2.75) is 46.1 Å². The summed E-state index contributed by atoms with van der Waals surface area (Å²) >= 11 is 0. The molecule has 1 saturated heterocycles. The van der Waals surface area contributed by atoms with Gasteiger partial charge in [0, 0.05) is 19.6 Å². The van der Waals surface area contributed by atoms with Gasteiger partial charge >= 0.3 is 0 Å². The van der Waals surface area contributed by atoms with Gasteiger partial charge in [-0.3, -0.25) is 9.69 Å². The van der Waals surface area contributed by atoms with E-state index in [0.717, 1.165) is 67.9 Å². The molecular formula is C29H37N3O3. The summed E-state index contributed by atoms with van der Waals surface area (Å²) in [4.78, 5) is 14.9. The lowest BCUT2D eigenvalue weighted by Gasteiger charge is -2.31. The molecule has 3 aromatic rings. The second-order valence-corrected chi connectivity index (χ2v) is 8.78. The molecule has 2 aromatic heterocycles. The molecule has 0 radical (unpaired) electrons. The van der Waals surface area contributed by atoms with Crippen molar-refractivity contribution < 1.29 is 15.2 Å². The Morgan fingerprint density at radius 2 is 1.91 bits per heavy atom. The molecule has 1 aliphatic carbocycles. The van der Waals surface area contributed by atoms with E-state index in [1.807, 2.05) is 50.2 Å². The summed E-state index contributed by atoms with van der Waals surface area (Å²) in [7, 11) is 0. The molecule has 0 bridgehead atoms. The largest absolute Gasteiger partial charge is 0.451 e. The number of furan rings is 1. The third-order valence-corrected chi connectivity index (χ3v) is 6.38. The summed E-state index contributed by atoms with van der Waals surface area (Å²) in [6, 6.07) is 15.5. The molecule has 1 fully saturated rings. The zero-order valence-electron chi connectivity index (χ0n) is 20.7. The number of aromatic nitrogens is 1. The molecule has 5 rings (SSSR count). The number of piperidine rings is 1. The van der Waals surface area contributed by atoms with Gasteiger partial charge in [-0.2, -0.15) is 0 Å². The molecule has 186 valence electrons. The van der Waals surface area contributed by atoms with Crippen LogP contribution in [0.15, 0.2) is 75.7 Å². The van der Waals surface area contributed by atoms with E-state index < -0.39 is 0 Å². The zero-order valence-corrected chi connectivity index (χ0v) is 20.7. The number of hydrogen-bond acceptors (Lipinski definition) is 5. The Balaban J connectivity index is 0.00000117. The fourth-order valence-corrected chi connectivity index (χ4v) is 4.44. The predicted molar refractivity (Wildman–Crippen MR) is 141 cm³/mol. The Morgan fingerprint density at radius 3 is 2.66 bits per heavy atom. The van der Waals surface area contributed by atoms with Crippen LogP contribution >= 0.6 is 0 Å². The number of benzene rings is 1.